The third-order valence-corrected chi connectivity index (χ3v) is 6.68. The number of aromatic nitrogens is 2. The van der Waals surface area contributed by atoms with Gasteiger partial charge < -0.3 is 10.3 Å². The van der Waals surface area contributed by atoms with Crippen molar-refractivity contribution in [2.45, 2.75) is 58.5 Å². The van der Waals surface area contributed by atoms with Crippen molar-refractivity contribution in [3.05, 3.63) is 75.3 Å². The zero-order valence-electron chi connectivity index (χ0n) is 20.3. The summed E-state index contributed by atoms with van der Waals surface area (Å²) >= 11 is 5.37. The van der Waals surface area contributed by atoms with Crippen LogP contribution in [0.3, 0.4) is 0 Å². The molecule has 182 valence electrons. The number of nitrogens with zero attached hydrogens (tertiary/aromatic N) is 2. The maximum absolute atomic E-state index is 12.7. The molecule has 1 aromatic heterocycles. The van der Waals surface area contributed by atoms with E-state index in [4.69, 9.17) is 12.2 Å². The van der Waals surface area contributed by atoms with E-state index >= 15 is 0 Å². The third kappa shape index (κ3) is 7.11. The van der Waals surface area contributed by atoms with E-state index in [0.717, 1.165) is 44.3 Å². The molecule has 0 saturated heterocycles. The number of unbranched alkanes of at least 4 members (excludes halogenated alkanes) is 2. The minimum atomic E-state index is -0.0575. The number of carbonyl (C=O) groups is 1. The van der Waals surface area contributed by atoms with Gasteiger partial charge in [0.25, 0.3) is 5.56 Å². The molecule has 3 rings (SSSR count). The van der Waals surface area contributed by atoms with Crippen LogP contribution in [0.25, 0.3) is 10.9 Å². The van der Waals surface area contributed by atoms with Gasteiger partial charge in [0.15, 0.2) is 4.77 Å². The fourth-order valence-corrected chi connectivity index (χ4v) is 4.69. The molecule has 0 radical (unpaired) electrons. The van der Waals surface area contributed by atoms with Crippen molar-refractivity contribution in [1.29, 1.82) is 0 Å². The lowest BCUT2D eigenvalue weighted by Crippen LogP contribution is -2.45. The zero-order valence-corrected chi connectivity index (χ0v) is 21.1. The normalized spacial score (nSPS) is 12.2. The summed E-state index contributed by atoms with van der Waals surface area (Å²) in [5, 5.41) is 3.79. The number of hydrogen-bond acceptors (Lipinski definition) is 4. The van der Waals surface area contributed by atoms with E-state index < -0.39 is 0 Å². The Hall–Kier alpha value is -2.77. The fourth-order valence-electron chi connectivity index (χ4n) is 4.41. The minimum absolute atomic E-state index is 0.0575. The van der Waals surface area contributed by atoms with E-state index in [1.54, 1.807) is 4.57 Å². The molecule has 34 heavy (non-hydrogen) atoms. The molecule has 1 atom stereocenters. The molecule has 0 fully saturated rings. The van der Waals surface area contributed by atoms with Crippen molar-refractivity contribution in [1.82, 2.24) is 19.8 Å². The predicted octanol–water partition coefficient (Wildman–Crippen LogP) is 4.69. The third-order valence-electron chi connectivity index (χ3n) is 6.35. The highest BCUT2D eigenvalue weighted by atomic mass is 32.1. The predicted molar refractivity (Wildman–Crippen MR) is 142 cm³/mol. The molecule has 0 spiro atoms. The molecule has 2 N–H and O–H groups in total. The molecular formula is C27H36N4O2S. The summed E-state index contributed by atoms with van der Waals surface area (Å²) in [5.74, 6) is 0.0883. The Morgan fingerprint density at radius 2 is 1.74 bits per heavy atom. The molecule has 1 unspecified atom stereocenters. The van der Waals surface area contributed by atoms with Gasteiger partial charge in [-0.1, -0.05) is 62.7 Å². The van der Waals surface area contributed by atoms with Gasteiger partial charge in [-0.05, 0) is 62.3 Å². The van der Waals surface area contributed by atoms with Gasteiger partial charge >= 0.3 is 0 Å². The van der Waals surface area contributed by atoms with Crippen LogP contribution in [0.4, 0.5) is 0 Å². The molecule has 2 aromatic carbocycles. The number of likely N-dealkylation sites (N-methyl/N-ethyl adjacent to an activating group) is 1. The molecule has 7 heteroatoms. The highest BCUT2D eigenvalue weighted by molar-refractivity contribution is 7.71. The number of H-pyrrole nitrogens is 1. The fraction of sp³-hybridized carbons (Fsp3) is 0.444. The second kappa shape index (κ2) is 13.2. The van der Waals surface area contributed by atoms with Crippen molar-refractivity contribution in [2.24, 2.45) is 0 Å². The summed E-state index contributed by atoms with van der Waals surface area (Å²) in [6.45, 7) is 7.45. The first-order valence-electron chi connectivity index (χ1n) is 12.3. The largest absolute Gasteiger partial charge is 0.355 e. The van der Waals surface area contributed by atoms with Crippen LogP contribution in [0.2, 0.25) is 0 Å². The molecule has 0 aliphatic rings. The summed E-state index contributed by atoms with van der Waals surface area (Å²) in [7, 11) is 0. The van der Waals surface area contributed by atoms with Crippen LogP contribution in [0.5, 0.6) is 0 Å². The average molecular weight is 481 g/mol. The molecule has 0 bridgehead atoms. The van der Waals surface area contributed by atoms with Gasteiger partial charge in [0.1, 0.15) is 0 Å². The number of benzene rings is 2. The Labute approximate surface area is 207 Å². The lowest BCUT2D eigenvalue weighted by molar-refractivity contribution is -0.121. The Morgan fingerprint density at radius 1 is 1.03 bits per heavy atom. The first kappa shape index (κ1) is 25.8. The lowest BCUT2D eigenvalue weighted by atomic mass is 10.0. The smallest absolute Gasteiger partial charge is 0.262 e. The first-order valence-corrected chi connectivity index (χ1v) is 12.7. The Kier molecular flexibility index (Phi) is 10.0. The van der Waals surface area contributed by atoms with E-state index in [1.165, 1.54) is 5.56 Å². The van der Waals surface area contributed by atoms with Crippen molar-refractivity contribution in [2.75, 3.05) is 19.6 Å². The van der Waals surface area contributed by atoms with E-state index in [2.05, 4.69) is 53.3 Å². The van der Waals surface area contributed by atoms with Crippen LogP contribution < -0.4 is 10.9 Å². The van der Waals surface area contributed by atoms with Crippen molar-refractivity contribution in [3.8, 4) is 0 Å². The maximum Gasteiger partial charge on any atom is 0.262 e. The van der Waals surface area contributed by atoms with Gasteiger partial charge in [0.05, 0.1) is 10.9 Å². The van der Waals surface area contributed by atoms with Crippen LogP contribution in [-0.4, -0.2) is 46.0 Å². The summed E-state index contributed by atoms with van der Waals surface area (Å²) in [4.78, 5) is 30.7. The second-order valence-electron chi connectivity index (χ2n) is 8.61. The van der Waals surface area contributed by atoms with Crippen LogP contribution in [0.1, 0.15) is 45.1 Å². The highest BCUT2D eigenvalue weighted by Gasteiger charge is 2.17. The Balaban J connectivity index is 1.44. The first-order chi connectivity index (χ1) is 16.5. The van der Waals surface area contributed by atoms with Crippen molar-refractivity contribution in [3.63, 3.8) is 0 Å². The van der Waals surface area contributed by atoms with Crippen LogP contribution in [0, 0.1) is 4.77 Å². The highest BCUT2D eigenvalue weighted by Crippen LogP contribution is 2.10. The number of carbonyl (C=O) groups excluding carboxylic acids is 1. The molecule has 0 aliphatic heterocycles. The zero-order chi connectivity index (χ0) is 24.3. The molecule has 3 aromatic rings. The van der Waals surface area contributed by atoms with E-state index in [0.29, 0.717) is 29.7 Å². The molecule has 6 nitrogen and oxygen atoms in total. The lowest BCUT2D eigenvalue weighted by Gasteiger charge is -2.30. The van der Waals surface area contributed by atoms with Gasteiger partial charge in [-0.3, -0.25) is 19.1 Å². The summed E-state index contributed by atoms with van der Waals surface area (Å²) in [5.41, 5.74) is 1.99. The Morgan fingerprint density at radius 3 is 2.47 bits per heavy atom. The number of para-hydroxylation sites is 1. The number of aromatic amines is 1. The van der Waals surface area contributed by atoms with Gasteiger partial charge in [0.2, 0.25) is 5.91 Å². The number of fused-ring (bicyclic) bond motifs is 1. The van der Waals surface area contributed by atoms with Gasteiger partial charge in [-0.15, -0.1) is 0 Å². The molecule has 0 aliphatic carbocycles. The van der Waals surface area contributed by atoms with Gasteiger partial charge in [-0.2, -0.15) is 0 Å². The standard InChI is InChI=1S/C27H36N4O2S/c1-3-30(4-2)22(19-21-13-7-5-8-14-21)20-28-25(32)17-9-6-12-18-31-26(33)23-15-10-11-16-24(23)29-27(31)34/h5,7-8,10-11,13-16,22H,3-4,6,9,12,17-20H2,1-2H3,(H,28,32)(H,29,34). The molecule has 1 heterocycles. The number of amides is 1. The molecule has 0 saturated carbocycles. The quantitative estimate of drug-likeness (QED) is 0.275. The SMILES string of the molecule is CCN(CC)C(CNC(=O)CCCCCn1c(=S)[nH]c2ccccc2c1=O)Cc1ccccc1. The van der Waals surface area contributed by atoms with Crippen LogP contribution in [-0.2, 0) is 17.8 Å². The monoisotopic (exact) mass is 480 g/mol. The van der Waals surface area contributed by atoms with Crippen LogP contribution >= 0.6 is 12.2 Å². The Bertz CT molecular complexity index is 1170. The van der Waals surface area contributed by atoms with E-state index in [1.807, 2.05) is 30.3 Å². The van der Waals surface area contributed by atoms with Gasteiger partial charge in [-0.25, -0.2) is 0 Å². The second-order valence-corrected chi connectivity index (χ2v) is 9.00. The summed E-state index contributed by atoms with van der Waals surface area (Å²) in [6.07, 6.45) is 3.88. The van der Waals surface area contributed by atoms with Crippen molar-refractivity contribution < 1.29 is 4.79 Å². The number of rotatable bonds is 13. The minimum Gasteiger partial charge on any atom is -0.355 e. The van der Waals surface area contributed by atoms with Crippen LogP contribution in [0.15, 0.2) is 59.4 Å². The van der Waals surface area contributed by atoms with Crippen molar-refractivity contribution >= 4 is 29.0 Å². The van der Waals surface area contributed by atoms with Gasteiger partial charge in [0, 0.05) is 25.6 Å². The summed E-state index contributed by atoms with van der Waals surface area (Å²) < 4.78 is 2.07. The topological polar surface area (TPSA) is 70.1 Å². The molecule has 1 amide bonds. The number of nitrogens with one attached hydrogen (secondary N) is 2. The number of hydrogen-bond donors (Lipinski definition) is 2. The average Bonchev–Trinajstić information content (AvgIpc) is 2.85. The van der Waals surface area contributed by atoms with E-state index in [9.17, 15) is 9.59 Å². The maximum atomic E-state index is 12.7. The summed E-state index contributed by atoms with van der Waals surface area (Å²) in [6, 6.07) is 18.1. The molecular weight excluding hydrogens is 444 g/mol. The van der Waals surface area contributed by atoms with E-state index in [-0.39, 0.29) is 17.5 Å².